The normalized spacial score (nSPS) is 10.4. The molecule has 0 fully saturated rings. The second-order valence-electron chi connectivity index (χ2n) is 5.35. The molecule has 26 heavy (non-hydrogen) atoms. The first-order chi connectivity index (χ1) is 12.6. The van der Waals surface area contributed by atoms with Gasteiger partial charge in [0.1, 0.15) is 11.3 Å². The molecule has 0 unspecified atom stereocenters. The van der Waals surface area contributed by atoms with Gasteiger partial charge in [-0.25, -0.2) is 4.79 Å². The number of nitrogens with one attached hydrogen (secondary N) is 1. The van der Waals surface area contributed by atoms with Crippen molar-refractivity contribution < 1.29 is 19.1 Å². The Labute approximate surface area is 154 Å². The van der Waals surface area contributed by atoms with Crippen LogP contribution in [0.1, 0.15) is 10.4 Å². The molecule has 1 amide bonds. The monoisotopic (exact) mass is 370 g/mol. The van der Waals surface area contributed by atoms with E-state index in [0.717, 1.165) is 5.39 Å². The number of rotatable bonds is 5. The Kier molecular flexibility index (Phi) is 5.34. The van der Waals surface area contributed by atoms with Gasteiger partial charge in [-0.3, -0.25) is 9.78 Å². The Hall–Kier alpha value is -3.12. The van der Waals surface area contributed by atoms with E-state index in [4.69, 9.17) is 16.3 Å². The van der Waals surface area contributed by atoms with E-state index in [0.29, 0.717) is 27.5 Å². The highest BCUT2D eigenvalue weighted by atomic mass is 35.5. The Morgan fingerprint density at radius 1 is 1.15 bits per heavy atom. The number of methoxy groups -OCH3 is 1. The first kappa shape index (κ1) is 17.7. The number of hydrogen-bond acceptors (Lipinski definition) is 5. The molecule has 0 aliphatic carbocycles. The molecule has 0 saturated heterocycles. The van der Waals surface area contributed by atoms with Crippen LogP contribution in [0.15, 0.2) is 54.7 Å². The van der Waals surface area contributed by atoms with Crippen molar-refractivity contribution in [3.8, 4) is 5.75 Å². The summed E-state index contributed by atoms with van der Waals surface area (Å²) in [4.78, 5) is 27.9. The molecule has 0 saturated carbocycles. The van der Waals surface area contributed by atoms with Gasteiger partial charge in [0.2, 0.25) is 0 Å². The highest BCUT2D eigenvalue weighted by molar-refractivity contribution is 6.35. The Morgan fingerprint density at radius 2 is 2.00 bits per heavy atom. The summed E-state index contributed by atoms with van der Waals surface area (Å²) in [5.74, 6) is -0.384. The van der Waals surface area contributed by atoms with Gasteiger partial charge in [0.25, 0.3) is 5.91 Å². The van der Waals surface area contributed by atoms with Crippen LogP contribution in [0.5, 0.6) is 5.75 Å². The van der Waals surface area contributed by atoms with Crippen molar-refractivity contribution in [2.75, 3.05) is 19.0 Å². The first-order valence-corrected chi connectivity index (χ1v) is 8.10. The highest BCUT2D eigenvalue weighted by Crippen LogP contribution is 2.29. The van der Waals surface area contributed by atoms with Gasteiger partial charge in [0.05, 0.1) is 17.7 Å². The molecule has 3 aromatic rings. The number of nitrogens with zero attached hydrogens (tertiary/aromatic N) is 1. The smallest absolute Gasteiger partial charge is 0.337 e. The molecule has 0 bridgehead atoms. The molecule has 7 heteroatoms. The third-order valence-electron chi connectivity index (χ3n) is 3.61. The summed E-state index contributed by atoms with van der Waals surface area (Å²) in [5.41, 5.74) is 1.40. The van der Waals surface area contributed by atoms with Gasteiger partial charge in [0, 0.05) is 17.3 Å². The summed E-state index contributed by atoms with van der Waals surface area (Å²) in [6, 6.07) is 13.4. The highest BCUT2D eigenvalue weighted by Gasteiger charge is 2.11. The van der Waals surface area contributed by atoms with Crippen LogP contribution in [0.25, 0.3) is 10.9 Å². The van der Waals surface area contributed by atoms with E-state index >= 15 is 0 Å². The quantitative estimate of drug-likeness (QED) is 0.693. The van der Waals surface area contributed by atoms with Crippen molar-refractivity contribution in [3.63, 3.8) is 0 Å². The maximum atomic E-state index is 12.1. The molecule has 3 rings (SSSR count). The van der Waals surface area contributed by atoms with Crippen LogP contribution < -0.4 is 10.1 Å². The number of aromatic nitrogens is 1. The predicted molar refractivity (Wildman–Crippen MR) is 98.7 cm³/mol. The maximum Gasteiger partial charge on any atom is 0.337 e. The van der Waals surface area contributed by atoms with Crippen LogP contribution in [-0.2, 0) is 9.53 Å². The first-order valence-electron chi connectivity index (χ1n) is 7.73. The van der Waals surface area contributed by atoms with Gasteiger partial charge in [-0.05, 0) is 42.5 Å². The molecule has 132 valence electrons. The average molecular weight is 371 g/mol. The van der Waals surface area contributed by atoms with Crippen molar-refractivity contribution in [2.45, 2.75) is 0 Å². The number of pyridine rings is 1. The van der Waals surface area contributed by atoms with Crippen LogP contribution in [0.3, 0.4) is 0 Å². The van der Waals surface area contributed by atoms with E-state index in [1.807, 2.05) is 6.07 Å². The summed E-state index contributed by atoms with van der Waals surface area (Å²) in [7, 11) is 1.30. The number of esters is 1. The second-order valence-corrected chi connectivity index (χ2v) is 5.76. The molecule has 1 N–H and O–H groups in total. The van der Waals surface area contributed by atoms with E-state index < -0.39 is 5.97 Å². The lowest BCUT2D eigenvalue weighted by molar-refractivity contribution is -0.118. The second kappa shape index (κ2) is 7.84. The van der Waals surface area contributed by atoms with Crippen LogP contribution in [-0.4, -0.2) is 30.6 Å². The van der Waals surface area contributed by atoms with Gasteiger partial charge in [-0.2, -0.15) is 0 Å². The maximum absolute atomic E-state index is 12.1. The van der Waals surface area contributed by atoms with E-state index in [-0.39, 0.29) is 12.5 Å². The minimum absolute atomic E-state index is 0.213. The number of carbonyl (C=O) groups excluding carboxylic acids is 2. The molecule has 0 radical (unpaired) electrons. The topological polar surface area (TPSA) is 77.5 Å². The van der Waals surface area contributed by atoms with Crippen molar-refractivity contribution in [1.82, 2.24) is 4.98 Å². The van der Waals surface area contributed by atoms with E-state index in [2.05, 4.69) is 15.0 Å². The summed E-state index contributed by atoms with van der Waals surface area (Å²) >= 11 is 6.14. The number of ether oxygens (including phenoxy) is 2. The average Bonchev–Trinajstić information content (AvgIpc) is 2.67. The van der Waals surface area contributed by atoms with Gasteiger partial charge in [-0.1, -0.05) is 17.7 Å². The van der Waals surface area contributed by atoms with Gasteiger partial charge in [-0.15, -0.1) is 0 Å². The molecule has 0 aliphatic heterocycles. The summed E-state index contributed by atoms with van der Waals surface area (Å²) in [6.07, 6.45) is 1.63. The molecule has 0 aliphatic rings. The molecule has 1 heterocycles. The van der Waals surface area contributed by atoms with Crippen molar-refractivity contribution in [1.29, 1.82) is 0 Å². The number of benzene rings is 2. The summed E-state index contributed by atoms with van der Waals surface area (Å²) in [6.45, 7) is -0.213. The lowest BCUT2D eigenvalue weighted by atomic mass is 10.2. The molecule has 2 aromatic carbocycles. The minimum Gasteiger partial charge on any atom is -0.481 e. The van der Waals surface area contributed by atoms with Gasteiger partial charge in [0.15, 0.2) is 6.61 Å². The molecule has 1 aromatic heterocycles. The number of hydrogen-bond donors (Lipinski definition) is 1. The van der Waals surface area contributed by atoms with Crippen molar-refractivity contribution in [2.24, 2.45) is 0 Å². The number of amides is 1. The van der Waals surface area contributed by atoms with E-state index in [1.54, 1.807) is 42.6 Å². The van der Waals surface area contributed by atoms with Crippen LogP contribution in [0.2, 0.25) is 5.02 Å². The zero-order valence-corrected chi connectivity index (χ0v) is 14.6. The van der Waals surface area contributed by atoms with Crippen LogP contribution >= 0.6 is 11.6 Å². The summed E-state index contributed by atoms with van der Waals surface area (Å²) in [5, 5.41) is 3.98. The molecule has 0 spiro atoms. The fourth-order valence-corrected chi connectivity index (χ4v) is 2.63. The summed E-state index contributed by atoms with van der Waals surface area (Å²) < 4.78 is 10.2. The van der Waals surface area contributed by atoms with Crippen LogP contribution in [0.4, 0.5) is 5.69 Å². The Bertz CT molecular complexity index is 975. The zero-order chi connectivity index (χ0) is 18.5. The standard InChI is InChI=1S/C19H15ClN2O4/c1-25-19(24)12-4-2-5-13(10-12)22-17(23)11-26-16-8-7-15(20)14-6-3-9-21-18(14)16/h2-10H,11H2,1H3,(H,22,23). The third kappa shape index (κ3) is 3.92. The molecular formula is C19H15ClN2O4. The number of fused-ring (bicyclic) bond motifs is 1. The SMILES string of the molecule is COC(=O)c1cccc(NC(=O)COc2ccc(Cl)c3cccnc23)c1. The lowest BCUT2D eigenvalue weighted by Gasteiger charge is -2.10. The third-order valence-corrected chi connectivity index (χ3v) is 3.94. The largest absolute Gasteiger partial charge is 0.481 e. The van der Waals surface area contributed by atoms with Crippen molar-refractivity contribution >= 4 is 40.1 Å². The van der Waals surface area contributed by atoms with E-state index in [9.17, 15) is 9.59 Å². The zero-order valence-electron chi connectivity index (χ0n) is 13.9. The number of halogens is 1. The molecule has 0 atom stereocenters. The van der Waals surface area contributed by atoms with Gasteiger partial charge >= 0.3 is 5.97 Å². The van der Waals surface area contributed by atoms with Crippen molar-refractivity contribution in [3.05, 3.63) is 65.3 Å². The predicted octanol–water partition coefficient (Wildman–Crippen LogP) is 3.69. The molecular weight excluding hydrogens is 356 g/mol. The fourth-order valence-electron chi connectivity index (χ4n) is 2.41. The molecule has 6 nitrogen and oxygen atoms in total. The number of anilines is 1. The van der Waals surface area contributed by atoms with E-state index in [1.165, 1.54) is 13.2 Å². The Balaban J connectivity index is 1.69. The lowest BCUT2D eigenvalue weighted by Crippen LogP contribution is -2.20. The van der Waals surface area contributed by atoms with Gasteiger partial charge < -0.3 is 14.8 Å². The number of carbonyl (C=O) groups is 2. The minimum atomic E-state index is -0.476. The Morgan fingerprint density at radius 3 is 2.81 bits per heavy atom. The van der Waals surface area contributed by atoms with Crippen LogP contribution in [0, 0.1) is 0 Å². The fraction of sp³-hybridized carbons (Fsp3) is 0.105.